The average Bonchev–Trinajstić information content (AvgIpc) is 2.97. The fraction of sp³-hybridized carbons (Fsp3) is 0.0588. The Kier molecular flexibility index (Phi) is 4.88. The maximum atomic E-state index is 10.5. The Labute approximate surface area is 123 Å². The molecule has 0 fully saturated rings. The van der Waals surface area contributed by atoms with Crippen LogP contribution in [0.5, 0.6) is 5.88 Å². The van der Waals surface area contributed by atoms with Gasteiger partial charge in [0.2, 0.25) is 5.88 Å². The van der Waals surface area contributed by atoms with Crippen molar-refractivity contribution in [2.75, 3.05) is 0 Å². The Morgan fingerprint density at radius 3 is 1.71 bits per heavy atom. The third-order valence-corrected chi connectivity index (χ3v) is 2.78. The molecule has 4 nitrogen and oxygen atoms in total. The zero-order valence-corrected chi connectivity index (χ0v) is 11.7. The number of aromatic amines is 1. The van der Waals surface area contributed by atoms with Crippen LogP contribution in [0.2, 0.25) is 0 Å². The lowest BCUT2D eigenvalue weighted by atomic mass is 10.1. The van der Waals surface area contributed by atoms with Gasteiger partial charge in [-0.3, -0.25) is 4.79 Å². The van der Waals surface area contributed by atoms with Crippen LogP contribution in [0.15, 0.2) is 66.9 Å². The second-order valence-corrected chi connectivity index (χ2v) is 4.41. The number of aromatic nitrogens is 2. The first-order valence-corrected chi connectivity index (χ1v) is 6.52. The molecule has 2 aromatic carbocycles. The van der Waals surface area contributed by atoms with Gasteiger partial charge < -0.3 is 10.1 Å². The minimum atomic E-state index is -0.185. The topological polar surface area (TPSA) is 66.0 Å². The zero-order valence-electron chi connectivity index (χ0n) is 11.7. The number of Topliss-reactive ketones (excluding diaryl/α,β-unsaturated/α-hetero) is 1. The molecule has 21 heavy (non-hydrogen) atoms. The van der Waals surface area contributed by atoms with Crippen molar-refractivity contribution in [3.63, 3.8) is 0 Å². The minimum Gasteiger partial charge on any atom is -0.493 e. The summed E-state index contributed by atoms with van der Waals surface area (Å²) in [6, 6.07) is 20.8. The van der Waals surface area contributed by atoms with Gasteiger partial charge in [-0.1, -0.05) is 60.7 Å². The Morgan fingerprint density at radius 1 is 0.952 bits per heavy atom. The number of hydrogen-bond donors (Lipinski definition) is 2. The molecule has 0 saturated carbocycles. The lowest BCUT2D eigenvalue weighted by Crippen LogP contribution is -1.93. The van der Waals surface area contributed by atoms with E-state index >= 15 is 0 Å². The molecule has 0 spiro atoms. The van der Waals surface area contributed by atoms with Gasteiger partial charge in [0, 0.05) is 6.92 Å². The molecule has 0 bridgehead atoms. The van der Waals surface area contributed by atoms with E-state index in [2.05, 4.69) is 58.5 Å². The molecule has 0 saturated heterocycles. The predicted molar refractivity (Wildman–Crippen MR) is 82.1 cm³/mol. The predicted octanol–water partition coefficient (Wildman–Crippen LogP) is 3.67. The normalized spacial score (nSPS) is 9.57. The van der Waals surface area contributed by atoms with Crippen molar-refractivity contribution in [2.24, 2.45) is 0 Å². The van der Waals surface area contributed by atoms with E-state index in [9.17, 15) is 4.79 Å². The number of rotatable bonds is 2. The smallest absolute Gasteiger partial charge is 0.209 e. The van der Waals surface area contributed by atoms with Crippen LogP contribution in [0, 0.1) is 0 Å². The number of benzene rings is 2. The third-order valence-electron chi connectivity index (χ3n) is 2.78. The maximum absolute atomic E-state index is 10.5. The van der Waals surface area contributed by atoms with E-state index in [0.29, 0.717) is 0 Å². The van der Waals surface area contributed by atoms with Gasteiger partial charge in [-0.15, -0.1) is 0 Å². The van der Waals surface area contributed by atoms with Crippen LogP contribution in [-0.2, 0) is 0 Å². The van der Waals surface area contributed by atoms with Crippen molar-refractivity contribution < 1.29 is 9.90 Å². The van der Waals surface area contributed by atoms with Crippen LogP contribution in [0.1, 0.15) is 17.5 Å². The first-order valence-electron chi connectivity index (χ1n) is 6.52. The van der Waals surface area contributed by atoms with Gasteiger partial charge in [-0.05, 0) is 11.1 Å². The molecule has 3 aromatic rings. The summed E-state index contributed by atoms with van der Waals surface area (Å²) in [7, 11) is 0. The van der Waals surface area contributed by atoms with Crippen molar-refractivity contribution in [2.45, 2.75) is 6.92 Å². The average molecular weight is 280 g/mol. The first-order chi connectivity index (χ1) is 10.2. The van der Waals surface area contributed by atoms with E-state index < -0.39 is 0 Å². The number of imidazole rings is 1. The second-order valence-electron chi connectivity index (χ2n) is 4.41. The Morgan fingerprint density at radius 2 is 1.43 bits per heavy atom. The monoisotopic (exact) mass is 280 g/mol. The van der Waals surface area contributed by atoms with Gasteiger partial charge in [0.1, 0.15) is 0 Å². The van der Waals surface area contributed by atoms with E-state index in [-0.39, 0.29) is 17.5 Å². The second kappa shape index (κ2) is 7.05. The fourth-order valence-electron chi connectivity index (χ4n) is 1.75. The number of carbonyl (C=O) groups excluding carboxylic acids is 1. The first kappa shape index (κ1) is 14.5. The lowest BCUT2D eigenvalue weighted by molar-refractivity contribution is 0.100. The molecule has 3 rings (SSSR count). The van der Waals surface area contributed by atoms with Crippen LogP contribution in [0.25, 0.3) is 11.1 Å². The summed E-state index contributed by atoms with van der Waals surface area (Å²) in [5.41, 5.74) is 2.55. The van der Waals surface area contributed by atoms with E-state index in [1.165, 1.54) is 24.2 Å². The molecule has 2 N–H and O–H groups in total. The Hall–Kier alpha value is -2.88. The molecule has 1 heterocycles. The summed E-state index contributed by atoms with van der Waals surface area (Å²) < 4.78 is 0. The highest BCUT2D eigenvalue weighted by atomic mass is 16.3. The van der Waals surface area contributed by atoms with E-state index in [4.69, 9.17) is 5.11 Å². The van der Waals surface area contributed by atoms with Crippen molar-refractivity contribution in [1.82, 2.24) is 9.97 Å². The lowest BCUT2D eigenvalue weighted by Gasteiger charge is -1.98. The van der Waals surface area contributed by atoms with Crippen molar-refractivity contribution in [3.8, 4) is 17.0 Å². The van der Waals surface area contributed by atoms with Gasteiger partial charge in [-0.2, -0.15) is 0 Å². The number of hydrogen-bond acceptors (Lipinski definition) is 3. The molecule has 0 aliphatic heterocycles. The highest BCUT2D eigenvalue weighted by molar-refractivity contribution is 5.90. The van der Waals surface area contributed by atoms with E-state index in [1.807, 2.05) is 12.1 Å². The quantitative estimate of drug-likeness (QED) is 0.704. The number of ketones is 1. The molecule has 0 amide bonds. The summed E-state index contributed by atoms with van der Waals surface area (Å²) in [6.45, 7) is 1.37. The number of nitrogens with one attached hydrogen (secondary N) is 1. The zero-order chi connectivity index (χ0) is 15.1. The van der Waals surface area contributed by atoms with Crippen LogP contribution in [0.4, 0.5) is 0 Å². The minimum absolute atomic E-state index is 0.0831. The number of H-pyrrole nitrogens is 1. The van der Waals surface area contributed by atoms with Crippen LogP contribution < -0.4 is 0 Å². The highest BCUT2D eigenvalue weighted by Gasteiger charge is 2.01. The van der Waals surface area contributed by atoms with Gasteiger partial charge >= 0.3 is 0 Å². The summed E-state index contributed by atoms with van der Waals surface area (Å²) in [5, 5.41) is 8.63. The summed E-state index contributed by atoms with van der Waals surface area (Å²) >= 11 is 0. The van der Waals surface area contributed by atoms with Gasteiger partial charge in [-0.25, -0.2) is 4.98 Å². The molecule has 106 valence electrons. The number of nitrogens with zero attached hydrogens (tertiary/aromatic N) is 1. The van der Waals surface area contributed by atoms with E-state index in [0.717, 1.165) is 0 Å². The van der Waals surface area contributed by atoms with Crippen LogP contribution >= 0.6 is 0 Å². The molecule has 0 unspecified atom stereocenters. The van der Waals surface area contributed by atoms with E-state index in [1.54, 1.807) is 0 Å². The Balaban J connectivity index is 0.000000161. The molecule has 0 radical (unpaired) electrons. The fourth-order valence-corrected chi connectivity index (χ4v) is 1.75. The van der Waals surface area contributed by atoms with Crippen molar-refractivity contribution in [3.05, 3.63) is 72.7 Å². The largest absolute Gasteiger partial charge is 0.493 e. The molecule has 0 aliphatic rings. The molecule has 4 heteroatoms. The Bertz CT molecular complexity index is 654. The molecular weight excluding hydrogens is 264 g/mol. The molecule has 0 aliphatic carbocycles. The molecule has 1 aromatic heterocycles. The summed E-state index contributed by atoms with van der Waals surface area (Å²) in [6.07, 6.45) is 1.19. The number of carbonyl (C=O) groups is 1. The molecule has 0 atom stereocenters. The third kappa shape index (κ3) is 4.31. The van der Waals surface area contributed by atoms with Gasteiger partial charge in [0.05, 0.1) is 6.20 Å². The molecular formula is C17H16N2O2. The van der Waals surface area contributed by atoms with Gasteiger partial charge in [0.25, 0.3) is 0 Å². The van der Waals surface area contributed by atoms with Gasteiger partial charge in [0.15, 0.2) is 11.6 Å². The summed E-state index contributed by atoms with van der Waals surface area (Å²) in [4.78, 5) is 16.4. The standard InChI is InChI=1S/C12H10.C5H6N2O2/c1-3-7-11(8-4-1)12-9-5-2-6-10-12;1-3(8)5-6-2-4(9)7-5/h1-10H;2,9H,1H3,(H,6,7). The highest BCUT2D eigenvalue weighted by Crippen LogP contribution is 2.17. The maximum Gasteiger partial charge on any atom is 0.209 e. The summed E-state index contributed by atoms with van der Waals surface area (Å²) in [5.74, 6) is -0.0806. The van der Waals surface area contributed by atoms with Crippen LogP contribution in [-0.4, -0.2) is 20.9 Å². The van der Waals surface area contributed by atoms with Crippen LogP contribution in [0.3, 0.4) is 0 Å². The number of aromatic hydroxyl groups is 1. The van der Waals surface area contributed by atoms with Crippen molar-refractivity contribution in [1.29, 1.82) is 0 Å². The van der Waals surface area contributed by atoms with Crippen molar-refractivity contribution >= 4 is 5.78 Å². The SMILES string of the molecule is CC(=O)c1ncc(O)[nH]1.c1ccc(-c2ccccc2)cc1.